The third kappa shape index (κ3) is 5.47. The van der Waals surface area contributed by atoms with Gasteiger partial charge in [-0.2, -0.15) is 5.10 Å². The number of aromatic nitrogens is 2. The van der Waals surface area contributed by atoms with Crippen LogP contribution in [0.3, 0.4) is 0 Å². The Morgan fingerprint density at radius 3 is 2.63 bits per heavy atom. The van der Waals surface area contributed by atoms with E-state index in [1.54, 1.807) is 43.5 Å². The van der Waals surface area contributed by atoms with Gasteiger partial charge in [-0.05, 0) is 48.4 Å². The van der Waals surface area contributed by atoms with Gasteiger partial charge in [-0.1, -0.05) is 56.1 Å². The number of methoxy groups -OCH3 is 1. The van der Waals surface area contributed by atoms with Crippen molar-refractivity contribution in [1.82, 2.24) is 9.66 Å². The number of nitrogens with one attached hydrogen (secondary N) is 1. The highest BCUT2D eigenvalue weighted by molar-refractivity contribution is 9.11. The van der Waals surface area contributed by atoms with Gasteiger partial charge in [-0.25, -0.2) is 4.79 Å². The van der Waals surface area contributed by atoms with E-state index in [-0.39, 0.29) is 0 Å². The van der Waals surface area contributed by atoms with Crippen molar-refractivity contribution in [3.05, 3.63) is 114 Å². The second kappa shape index (κ2) is 10.9. The Bertz CT molecular complexity index is 1560. The van der Waals surface area contributed by atoms with Crippen LogP contribution in [0.2, 0.25) is 0 Å². The molecule has 0 radical (unpaired) electrons. The number of aromatic amines is 1. The van der Waals surface area contributed by atoms with Crippen LogP contribution in [-0.2, 0) is 13.0 Å². The lowest BCUT2D eigenvalue weighted by atomic mass is 10.1. The smallest absolute Gasteiger partial charge is 0.349 e. The van der Waals surface area contributed by atoms with Gasteiger partial charge in [0.15, 0.2) is 11.5 Å². The standard InChI is InChI=1S/C26H21Br2N3O4/c1-3-6-17-11-16(14-29-31-25(32)20-7-4-5-8-22(20)30-26(31)33)12-23(34-2)24(17)35-15-18-9-10-19(27)13-21(18)28/h3-5,7-14H,1,6,15H2,2H3,(H,30,33). The van der Waals surface area contributed by atoms with Crippen molar-refractivity contribution in [2.75, 3.05) is 7.11 Å². The van der Waals surface area contributed by atoms with Crippen molar-refractivity contribution in [1.29, 1.82) is 0 Å². The summed E-state index contributed by atoms with van der Waals surface area (Å²) in [7, 11) is 1.55. The van der Waals surface area contributed by atoms with Gasteiger partial charge in [0, 0.05) is 20.1 Å². The molecule has 0 bridgehead atoms. The fourth-order valence-electron chi connectivity index (χ4n) is 3.55. The minimum Gasteiger partial charge on any atom is -0.493 e. The molecule has 0 saturated carbocycles. The van der Waals surface area contributed by atoms with Gasteiger partial charge in [-0.15, -0.1) is 11.3 Å². The number of fused-ring (bicyclic) bond motifs is 1. The van der Waals surface area contributed by atoms with E-state index in [1.165, 1.54) is 6.21 Å². The molecule has 1 aromatic heterocycles. The monoisotopic (exact) mass is 597 g/mol. The summed E-state index contributed by atoms with van der Waals surface area (Å²) in [6, 6.07) is 16.3. The summed E-state index contributed by atoms with van der Waals surface area (Å²) in [5.41, 5.74) is 1.77. The topological polar surface area (TPSA) is 85.7 Å². The fourth-order valence-corrected chi connectivity index (χ4v) is 4.71. The SMILES string of the molecule is C=CCc1cc(C=Nn2c(=O)[nH]c3ccccc3c2=O)cc(OC)c1OCc1ccc(Br)cc1Br. The Hall–Kier alpha value is -3.43. The maximum Gasteiger partial charge on any atom is 0.349 e. The molecule has 4 rings (SSSR count). The second-order valence-corrected chi connectivity index (χ2v) is 9.34. The van der Waals surface area contributed by atoms with Crippen LogP contribution in [0.25, 0.3) is 10.9 Å². The quantitative estimate of drug-likeness (QED) is 0.217. The number of rotatable bonds is 8. The highest BCUT2D eigenvalue weighted by Gasteiger charge is 2.14. The molecular formula is C26H21Br2N3O4. The maximum absolute atomic E-state index is 12.8. The molecule has 0 unspecified atom stereocenters. The van der Waals surface area contributed by atoms with Crippen molar-refractivity contribution < 1.29 is 9.47 Å². The average molecular weight is 599 g/mol. The number of hydrogen-bond acceptors (Lipinski definition) is 5. The van der Waals surface area contributed by atoms with Gasteiger partial charge in [0.25, 0.3) is 5.56 Å². The van der Waals surface area contributed by atoms with Gasteiger partial charge in [0.2, 0.25) is 0 Å². The third-order valence-electron chi connectivity index (χ3n) is 5.23. The Kier molecular flexibility index (Phi) is 7.67. The van der Waals surface area contributed by atoms with Gasteiger partial charge < -0.3 is 14.5 Å². The molecule has 0 aliphatic heterocycles. The van der Waals surface area contributed by atoms with E-state index >= 15 is 0 Å². The summed E-state index contributed by atoms with van der Waals surface area (Å²) in [6.07, 6.45) is 3.72. The van der Waals surface area contributed by atoms with E-state index in [9.17, 15) is 9.59 Å². The molecule has 0 atom stereocenters. The minimum absolute atomic E-state index is 0.323. The molecule has 4 aromatic rings. The summed E-state index contributed by atoms with van der Waals surface area (Å²) < 4.78 is 14.4. The number of hydrogen-bond donors (Lipinski definition) is 1. The minimum atomic E-state index is -0.622. The first-order valence-corrected chi connectivity index (χ1v) is 12.2. The molecule has 0 fully saturated rings. The van der Waals surface area contributed by atoms with E-state index in [4.69, 9.17) is 9.47 Å². The van der Waals surface area contributed by atoms with Crippen LogP contribution in [0.1, 0.15) is 16.7 Å². The zero-order valence-electron chi connectivity index (χ0n) is 18.8. The van der Waals surface area contributed by atoms with Crippen molar-refractivity contribution in [3.63, 3.8) is 0 Å². The number of para-hydroxylation sites is 1. The molecule has 178 valence electrons. The van der Waals surface area contributed by atoms with Crippen LogP contribution in [0.15, 0.2) is 90.9 Å². The largest absolute Gasteiger partial charge is 0.493 e. The van der Waals surface area contributed by atoms with Crippen molar-refractivity contribution >= 4 is 49.0 Å². The summed E-state index contributed by atoms with van der Waals surface area (Å²) in [6.45, 7) is 4.16. The first-order valence-electron chi connectivity index (χ1n) is 10.6. The number of ether oxygens (including phenoxy) is 2. The molecule has 0 aliphatic carbocycles. The normalized spacial score (nSPS) is 11.2. The number of benzene rings is 3. The molecule has 0 spiro atoms. The van der Waals surface area contributed by atoms with Crippen LogP contribution in [0.4, 0.5) is 0 Å². The lowest BCUT2D eigenvalue weighted by molar-refractivity contribution is 0.281. The third-order valence-corrected chi connectivity index (χ3v) is 6.46. The van der Waals surface area contributed by atoms with Gasteiger partial charge in [0.1, 0.15) is 6.61 Å². The van der Waals surface area contributed by atoms with E-state index in [0.29, 0.717) is 41.0 Å². The van der Waals surface area contributed by atoms with E-state index in [2.05, 4.69) is 48.5 Å². The fraction of sp³-hybridized carbons (Fsp3) is 0.115. The maximum atomic E-state index is 12.8. The Morgan fingerprint density at radius 2 is 1.89 bits per heavy atom. The highest BCUT2D eigenvalue weighted by Crippen LogP contribution is 2.34. The average Bonchev–Trinajstić information content (AvgIpc) is 2.84. The molecule has 1 N–H and O–H groups in total. The van der Waals surface area contributed by atoms with Crippen LogP contribution in [-0.4, -0.2) is 23.0 Å². The van der Waals surface area contributed by atoms with Gasteiger partial charge >= 0.3 is 5.69 Å². The Labute approximate surface area is 218 Å². The first-order chi connectivity index (χ1) is 16.9. The molecule has 0 aliphatic rings. The van der Waals surface area contributed by atoms with Crippen molar-refractivity contribution in [3.8, 4) is 11.5 Å². The molecular weight excluding hydrogens is 578 g/mol. The van der Waals surface area contributed by atoms with Crippen LogP contribution in [0.5, 0.6) is 11.5 Å². The summed E-state index contributed by atoms with van der Waals surface area (Å²) in [4.78, 5) is 27.8. The predicted octanol–water partition coefficient (Wildman–Crippen LogP) is 5.41. The highest BCUT2D eigenvalue weighted by atomic mass is 79.9. The van der Waals surface area contributed by atoms with Crippen molar-refractivity contribution in [2.45, 2.75) is 13.0 Å². The first kappa shape index (κ1) is 24.7. The van der Waals surface area contributed by atoms with Crippen LogP contribution in [0, 0.1) is 0 Å². The molecule has 0 amide bonds. The predicted molar refractivity (Wildman–Crippen MR) is 145 cm³/mol. The van der Waals surface area contributed by atoms with Crippen LogP contribution >= 0.6 is 31.9 Å². The molecule has 35 heavy (non-hydrogen) atoms. The molecule has 3 aromatic carbocycles. The van der Waals surface area contributed by atoms with Crippen LogP contribution < -0.4 is 20.7 Å². The molecule has 7 nitrogen and oxygen atoms in total. The number of nitrogens with zero attached hydrogens (tertiary/aromatic N) is 2. The zero-order valence-corrected chi connectivity index (χ0v) is 21.9. The summed E-state index contributed by atoms with van der Waals surface area (Å²) in [5.74, 6) is 1.08. The lowest BCUT2D eigenvalue weighted by Crippen LogP contribution is -2.32. The van der Waals surface area contributed by atoms with E-state index in [1.807, 2.05) is 24.3 Å². The summed E-state index contributed by atoms with van der Waals surface area (Å²) in [5, 5.41) is 4.52. The molecule has 0 saturated heterocycles. The zero-order chi connectivity index (χ0) is 24.9. The Balaban J connectivity index is 1.69. The van der Waals surface area contributed by atoms with Crippen molar-refractivity contribution in [2.24, 2.45) is 5.10 Å². The lowest BCUT2D eigenvalue weighted by Gasteiger charge is -2.16. The van der Waals surface area contributed by atoms with Gasteiger partial charge in [0.05, 0.1) is 24.2 Å². The van der Waals surface area contributed by atoms with E-state index < -0.39 is 11.2 Å². The number of H-pyrrole nitrogens is 1. The second-order valence-electron chi connectivity index (χ2n) is 7.57. The molecule has 1 heterocycles. The van der Waals surface area contributed by atoms with E-state index in [0.717, 1.165) is 24.7 Å². The number of allylic oxidation sites excluding steroid dienone is 1. The number of halogens is 2. The van der Waals surface area contributed by atoms with Gasteiger partial charge in [-0.3, -0.25) is 4.79 Å². The Morgan fingerprint density at radius 1 is 1.09 bits per heavy atom. The summed E-state index contributed by atoms with van der Waals surface area (Å²) >= 11 is 7.01. The molecule has 9 heteroatoms.